The molecule has 0 saturated carbocycles. The highest BCUT2D eigenvalue weighted by atomic mass is 79.9. The van der Waals surface area contributed by atoms with Crippen molar-refractivity contribution in [3.05, 3.63) is 33.3 Å². The highest BCUT2D eigenvalue weighted by Crippen LogP contribution is 2.24. The number of halogens is 2. The first-order valence-corrected chi connectivity index (χ1v) is 7.19. The van der Waals surface area contributed by atoms with Crippen molar-refractivity contribution in [1.82, 2.24) is 10.2 Å². The van der Waals surface area contributed by atoms with Crippen LogP contribution in [0.3, 0.4) is 0 Å². The van der Waals surface area contributed by atoms with Crippen LogP contribution in [0.2, 0.25) is 5.02 Å². The van der Waals surface area contributed by atoms with E-state index in [1.807, 2.05) is 6.07 Å². The molecule has 0 spiro atoms. The molecule has 0 aromatic heterocycles. The summed E-state index contributed by atoms with van der Waals surface area (Å²) in [6, 6.07) is 6.88. The Labute approximate surface area is 116 Å². The second-order valence-corrected chi connectivity index (χ2v) is 5.85. The molecule has 1 aromatic rings. The van der Waals surface area contributed by atoms with Crippen molar-refractivity contribution in [2.45, 2.75) is 25.4 Å². The second kappa shape index (κ2) is 6.19. The zero-order valence-electron chi connectivity index (χ0n) is 10.0. The number of rotatable bonds is 3. The number of piperidine rings is 1. The summed E-state index contributed by atoms with van der Waals surface area (Å²) in [7, 11) is 2.05. The Morgan fingerprint density at radius 1 is 1.41 bits per heavy atom. The van der Waals surface area contributed by atoms with E-state index in [1.54, 1.807) is 0 Å². The van der Waals surface area contributed by atoms with Gasteiger partial charge in [0, 0.05) is 17.1 Å². The van der Waals surface area contributed by atoms with Crippen LogP contribution in [0.15, 0.2) is 22.7 Å². The fraction of sp³-hybridized carbons (Fsp3) is 0.538. The van der Waals surface area contributed by atoms with Crippen LogP contribution < -0.4 is 5.32 Å². The SMILES string of the molecule is CNC1CCN(Cc2ccc(Cl)c(Br)c2)CC1. The van der Waals surface area contributed by atoms with Gasteiger partial charge in [0.25, 0.3) is 0 Å². The van der Waals surface area contributed by atoms with Gasteiger partial charge >= 0.3 is 0 Å². The lowest BCUT2D eigenvalue weighted by molar-refractivity contribution is 0.194. The average Bonchev–Trinajstić information content (AvgIpc) is 2.35. The quantitative estimate of drug-likeness (QED) is 0.920. The normalized spacial score (nSPS) is 18.5. The van der Waals surface area contributed by atoms with Gasteiger partial charge in [-0.25, -0.2) is 0 Å². The van der Waals surface area contributed by atoms with Crippen molar-refractivity contribution in [2.24, 2.45) is 0 Å². The Balaban J connectivity index is 1.91. The zero-order valence-corrected chi connectivity index (χ0v) is 12.4. The van der Waals surface area contributed by atoms with E-state index in [9.17, 15) is 0 Å². The van der Waals surface area contributed by atoms with E-state index in [4.69, 9.17) is 11.6 Å². The van der Waals surface area contributed by atoms with Crippen molar-refractivity contribution in [3.63, 3.8) is 0 Å². The first-order chi connectivity index (χ1) is 8.19. The van der Waals surface area contributed by atoms with Gasteiger partial charge in [-0.1, -0.05) is 17.7 Å². The summed E-state index contributed by atoms with van der Waals surface area (Å²) in [6.45, 7) is 3.36. The summed E-state index contributed by atoms with van der Waals surface area (Å²) in [5.74, 6) is 0. The summed E-state index contributed by atoms with van der Waals surface area (Å²) in [5.41, 5.74) is 1.32. The molecule has 0 radical (unpaired) electrons. The number of hydrogen-bond donors (Lipinski definition) is 1. The highest BCUT2D eigenvalue weighted by molar-refractivity contribution is 9.10. The summed E-state index contributed by atoms with van der Waals surface area (Å²) in [4.78, 5) is 2.50. The minimum atomic E-state index is 0.697. The highest BCUT2D eigenvalue weighted by Gasteiger charge is 2.17. The summed E-state index contributed by atoms with van der Waals surface area (Å²) < 4.78 is 0.988. The third kappa shape index (κ3) is 3.68. The number of hydrogen-bond acceptors (Lipinski definition) is 2. The van der Waals surface area contributed by atoms with Crippen molar-refractivity contribution >= 4 is 27.5 Å². The van der Waals surface area contributed by atoms with Gasteiger partial charge in [-0.15, -0.1) is 0 Å². The molecule has 2 nitrogen and oxygen atoms in total. The lowest BCUT2D eigenvalue weighted by atomic mass is 10.0. The van der Waals surface area contributed by atoms with Crippen LogP contribution in [-0.2, 0) is 6.54 Å². The maximum Gasteiger partial charge on any atom is 0.0548 e. The number of nitrogens with zero attached hydrogens (tertiary/aromatic N) is 1. The van der Waals surface area contributed by atoms with Crippen molar-refractivity contribution in [3.8, 4) is 0 Å². The monoisotopic (exact) mass is 316 g/mol. The minimum Gasteiger partial charge on any atom is -0.317 e. The second-order valence-electron chi connectivity index (χ2n) is 4.59. The van der Waals surface area contributed by atoms with E-state index in [0.717, 1.165) is 16.0 Å². The lowest BCUT2D eigenvalue weighted by Gasteiger charge is -2.31. The van der Waals surface area contributed by atoms with Crippen LogP contribution >= 0.6 is 27.5 Å². The predicted molar refractivity (Wildman–Crippen MR) is 76.5 cm³/mol. The van der Waals surface area contributed by atoms with Gasteiger partial charge in [-0.2, -0.15) is 0 Å². The molecule has 1 fully saturated rings. The minimum absolute atomic E-state index is 0.697. The molecular weight excluding hydrogens is 300 g/mol. The summed E-state index contributed by atoms with van der Waals surface area (Å²) in [6.07, 6.45) is 2.48. The summed E-state index contributed by atoms with van der Waals surface area (Å²) in [5, 5.41) is 4.13. The molecule has 1 saturated heterocycles. The van der Waals surface area contributed by atoms with E-state index >= 15 is 0 Å². The third-order valence-corrected chi connectivity index (χ3v) is 4.60. The molecule has 0 unspecified atom stereocenters. The third-order valence-electron chi connectivity index (χ3n) is 3.39. The van der Waals surface area contributed by atoms with Crippen molar-refractivity contribution < 1.29 is 0 Å². The Bertz CT molecular complexity index is 376. The molecule has 1 heterocycles. The largest absolute Gasteiger partial charge is 0.317 e. The van der Waals surface area contributed by atoms with Crippen LogP contribution in [0.5, 0.6) is 0 Å². The van der Waals surface area contributed by atoms with Gasteiger partial charge in [-0.3, -0.25) is 4.90 Å². The maximum atomic E-state index is 5.99. The zero-order chi connectivity index (χ0) is 12.3. The van der Waals surface area contributed by atoms with Gasteiger partial charge in [-0.05, 0) is 66.6 Å². The van der Waals surface area contributed by atoms with E-state index in [1.165, 1.54) is 31.5 Å². The smallest absolute Gasteiger partial charge is 0.0548 e. The standard InChI is InChI=1S/C13H18BrClN2/c1-16-11-4-6-17(7-5-11)9-10-2-3-13(15)12(14)8-10/h2-3,8,11,16H,4-7,9H2,1H3. The Morgan fingerprint density at radius 2 is 2.12 bits per heavy atom. The van der Waals surface area contributed by atoms with E-state index < -0.39 is 0 Å². The molecule has 1 aromatic carbocycles. The van der Waals surface area contributed by atoms with Crippen LogP contribution in [0.25, 0.3) is 0 Å². The molecule has 1 aliphatic heterocycles. The fourth-order valence-corrected chi connectivity index (χ4v) is 2.82. The van der Waals surface area contributed by atoms with Crippen molar-refractivity contribution in [2.75, 3.05) is 20.1 Å². The van der Waals surface area contributed by atoms with Crippen molar-refractivity contribution in [1.29, 1.82) is 0 Å². The van der Waals surface area contributed by atoms with Crippen LogP contribution in [0, 0.1) is 0 Å². The molecule has 0 bridgehead atoms. The molecule has 2 rings (SSSR count). The van der Waals surface area contributed by atoms with Crippen LogP contribution in [0.4, 0.5) is 0 Å². The van der Waals surface area contributed by atoms with E-state index in [2.05, 4.69) is 45.3 Å². The molecule has 0 atom stereocenters. The predicted octanol–water partition coefficient (Wildman–Crippen LogP) is 3.29. The number of benzene rings is 1. The van der Waals surface area contributed by atoms with Crippen LogP contribution in [-0.4, -0.2) is 31.1 Å². The molecule has 0 aliphatic carbocycles. The number of nitrogens with one attached hydrogen (secondary N) is 1. The topological polar surface area (TPSA) is 15.3 Å². The molecule has 17 heavy (non-hydrogen) atoms. The van der Waals surface area contributed by atoms with Gasteiger partial charge in [0.2, 0.25) is 0 Å². The first kappa shape index (κ1) is 13.3. The van der Waals surface area contributed by atoms with Gasteiger partial charge < -0.3 is 5.32 Å². The van der Waals surface area contributed by atoms with E-state index in [-0.39, 0.29) is 0 Å². The Hall–Kier alpha value is -0.0900. The molecular formula is C13H18BrClN2. The molecule has 94 valence electrons. The van der Waals surface area contributed by atoms with Gasteiger partial charge in [0.15, 0.2) is 0 Å². The summed E-state index contributed by atoms with van der Waals surface area (Å²) >= 11 is 9.46. The molecule has 0 amide bonds. The number of likely N-dealkylation sites (tertiary alicyclic amines) is 1. The Kier molecular flexibility index (Phi) is 4.86. The molecule has 4 heteroatoms. The fourth-order valence-electron chi connectivity index (χ4n) is 2.28. The molecule has 1 N–H and O–H groups in total. The Morgan fingerprint density at radius 3 is 2.71 bits per heavy atom. The average molecular weight is 318 g/mol. The maximum absolute atomic E-state index is 5.99. The molecule has 1 aliphatic rings. The van der Waals surface area contributed by atoms with E-state index in [0.29, 0.717) is 6.04 Å². The first-order valence-electron chi connectivity index (χ1n) is 6.02. The van der Waals surface area contributed by atoms with Crippen LogP contribution in [0.1, 0.15) is 18.4 Å². The van der Waals surface area contributed by atoms with Gasteiger partial charge in [0.1, 0.15) is 0 Å². The van der Waals surface area contributed by atoms with Gasteiger partial charge in [0.05, 0.1) is 5.02 Å². The lowest BCUT2D eigenvalue weighted by Crippen LogP contribution is -2.40.